The van der Waals surface area contributed by atoms with E-state index in [1.54, 1.807) is 6.20 Å². The Balaban J connectivity index is 1.53. The maximum Gasteiger partial charge on any atom is 0.238 e. The number of imidazole rings is 1. The molecule has 6 nitrogen and oxygen atoms in total. The van der Waals surface area contributed by atoms with Crippen LogP contribution in [0.4, 0.5) is 11.6 Å². The lowest BCUT2D eigenvalue weighted by Crippen LogP contribution is -2.49. The number of nitrogens with zero attached hydrogens (tertiary/aromatic N) is 3. The third kappa shape index (κ3) is 3.76. The van der Waals surface area contributed by atoms with Crippen LogP contribution in [0.25, 0.3) is 0 Å². The number of anilines is 2. The fraction of sp³-hybridized carbons (Fsp3) is 0.444. The van der Waals surface area contributed by atoms with Gasteiger partial charge in [-0.25, -0.2) is 4.98 Å². The Bertz CT molecular complexity index is 679. The topological polar surface area (TPSA) is 64.3 Å². The molecule has 2 aromatic rings. The lowest BCUT2D eigenvalue weighted by molar-refractivity contribution is -0.117. The van der Waals surface area contributed by atoms with E-state index in [0.717, 1.165) is 48.9 Å². The number of H-pyrrole nitrogens is 1. The molecule has 1 fully saturated rings. The Morgan fingerprint density at radius 2 is 1.83 bits per heavy atom. The minimum Gasteiger partial charge on any atom is -0.340 e. The highest BCUT2D eigenvalue weighted by Gasteiger charge is 2.20. The van der Waals surface area contributed by atoms with E-state index in [1.165, 1.54) is 5.56 Å². The van der Waals surface area contributed by atoms with Crippen molar-refractivity contribution in [1.29, 1.82) is 0 Å². The molecule has 0 radical (unpaired) electrons. The van der Waals surface area contributed by atoms with E-state index >= 15 is 0 Å². The van der Waals surface area contributed by atoms with E-state index < -0.39 is 0 Å². The number of hydrogen-bond acceptors (Lipinski definition) is 4. The van der Waals surface area contributed by atoms with Crippen LogP contribution in [0.15, 0.2) is 24.5 Å². The first-order chi connectivity index (χ1) is 11.5. The summed E-state index contributed by atoms with van der Waals surface area (Å²) in [6.45, 7) is 10.1. The minimum absolute atomic E-state index is 0.0523. The van der Waals surface area contributed by atoms with Crippen molar-refractivity contribution in [3.05, 3.63) is 41.2 Å². The SMILES string of the molecule is Cc1cc(C)c(NC(=O)CN2CCN(c3ncc[nH]3)CC2)c(C)c1. The number of nitrogens with one attached hydrogen (secondary N) is 2. The highest BCUT2D eigenvalue weighted by atomic mass is 16.2. The lowest BCUT2D eigenvalue weighted by Gasteiger charge is -2.34. The molecule has 1 saturated heterocycles. The van der Waals surface area contributed by atoms with Gasteiger partial charge in [0.1, 0.15) is 0 Å². The number of hydrogen-bond donors (Lipinski definition) is 2. The van der Waals surface area contributed by atoms with Crippen molar-refractivity contribution in [1.82, 2.24) is 14.9 Å². The fourth-order valence-electron chi connectivity index (χ4n) is 3.31. The summed E-state index contributed by atoms with van der Waals surface area (Å²) in [4.78, 5) is 24.2. The maximum atomic E-state index is 12.4. The smallest absolute Gasteiger partial charge is 0.238 e. The van der Waals surface area contributed by atoms with Gasteiger partial charge in [-0.15, -0.1) is 0 Å². The third-order valence-electron chi connectivity index (χ3n) is 4.46. The Kier molecular flexibility index (Phi) is 4.85. The molecule has 128 valence electrons. The molecule has 0 aliphatic carbocycles. The van der Waals surface area contributed by atoms with Crippen LogP contribution in [0, 0.1) is 20.8 Å². The van der Waals surface area contributed by atoms with E-state index in [0.29, 0.717) is 6.54 Å². The Labute approximate surface area is 142 Å². The number of carbonyl (C=O) groups excluding carboxylic acids is 1. The van der Waals surface area contributed by atoms with Crippen LogP contribution in [0.2, 0.25) is 0 Å². The zero-order valence-corrected chi connectivity index (χ0v) is 14.6. The molecule has 0 spiro atoms. The summed E-state index contributed by atoms with van der Waals surface area (Å²) < 4.78 is 0. The molecule has 1 aliphatic rings. The lowest BCUT2D eigenvalue weighted by atomic mass is 10.1. The van der Waals surface area contributed by atoms with E-state index in [-0.39, 0.29) is 5.91 Å². The molecular formula is C18H25N5O. The summed E-state index contributed by atoms with van der Waals surface area (Å²) in [6.07, 6.45) is 3.60. The Hall–Kier alpha value is -2.34. The molecule has 0 unspecified atom stereocenters. The van der Waals surface area contributed by atoms with Crippen molar-refractivity contribution in [3.8, 4) is 0 Å². The number of rotatable bonds is 4. The van der Waals surface area contributed by atoms with E-state index in [1.807, 2.05) is 20.0 Å². The van der Waals surface area contributed by atoms with Crippen molar-refractivity contribution >= 4 is 17.5 Å². The van der Waals surface area contributed by atoms with Gasteiger partial charge in [-0.2, -0.15) is 0 Å². The van der Waals surface area contributed by atoms with E-state index in [2.05, 4.69) is 44.1 Å². The first-order valence-corrected chi connectivity index (χ1v) is 8.37. The second-order valence-corrected chi connectivity index (χ2v) is 6.50. The Morgan fingerprint density at radius 1 is 1.17 bits per heavy atom. The fourth-order valence-corrected chi connectivity index (χ4v) is 3.31. The summed E-state index contributed by atoms with van der Waals surface area (Å²) in [5.74, 6) is 0.960. The highest BCUT2D eigenvalue weighted by Crippen LogP contribution is 2.22. The first kappa shape index (κ1) is 16.5. The number of amides is 1. The normalized spacial score (nSPS) is 15.5. The zero-order valence-electron chi connectivity index (χ0n) is 14.6. The molecule has 2 N–H and O–H groups in total. The summed E-state index contributed by atoms with van der Waals surface area (Å²) in [5, 5.41) is 3.08. The van der Waals surface area contributed by atoms with Crippen molar-refractivity contribution in [2.75, 3.05) is 42.9 Å². The molecule has 0 atom stereocenters. The van der Waals surface area contributed by atoms with Crippen LogP contribution in [-0.4, -0.2) is 53.5 Å². The van der Waals surface area contributed by atoms with E-state index in [4.69, 9.17) is 0 Å². The summed E-state index contributed by atoms with van der Waals surface area (Å²) in [7, 11) is 0. The molecule has 0 saturated carbocycles. The van der Waals surface area contributed by atoms with Crippen LogP contribution in [0.1, 0.15) is 16.7 Å². The second-order valence-electron chi connectivity index (χ2n) is 6.50. The molecule has 3 rings (SSSR count). The monoisotopic (exact) mass is 327 g/mol. The number of aryl methyl sites for hydroxylation is 3. The predicted molar refractivity (Wildman–Crippen MR) is 96.5 cm³/mol. The average Bonchev–Trinajstić information content (AvgIpc) is 3.06. The third-order valence-corrected chi connectivity index (χ3v) is 4.46. The average molecular weight is 327 g/mol. The van der Waals surface area contributed by atoms with Crippen LogP contribution in [0.3, 0.4) is 0 Å². The number of aromatic amines is 1. The van der Waals surface area contributed by atoms with Crippen LogP contribution < -0.4 is 10.2 Å². The summed E-state index contributed by atoms with van der Waals surface area (Å²) >= 11 is 0. The number of benzene rings is 1. The van der Waals surface area contributed by atoms with Crippen LogP contribution in [-0.2, 0) is 4.79 Å². The second kappa shape index (κ2) is 7.05. The highest BCUT2D eigenvalue weighted by molar-refractivity contribution is 5.93. The summed E-state index contributed by atoms with van der Waals surface area (Å²) in [5.41, 5.74) is 4.39. The minimum atomic E-state index is 0.0523. The van der Waals surface area contributed by atoms with Gasteiger partial charge in [0.15, 0.2) is 0 Å². The number of carbonyl (C=O) groups is 1. The van der Waals surface area contributed by atoms with Gasteiger partial charge in [0.05, 0.1) is 6.54 Å². The van der Waals surface area contributed by atoms with Gasteiger partial charge in [-0.1, -0.05) is 17.7 Å². The standard InChI is InChI=1S/C18H25N5O/c1-13-10-14(2)17(15(3)11-13)21-16(24)12-22-6-8-23(9-7-22)18-19-4-5-20-18/h4-5,10-11H,6-9,12H2,1-3H3,(H,19,20)(H,21,24). The van der Waals surface area contributed by atoms with Gasteiger partial charge in [0.25, 0.3) is 0 Å². The van der Waals surface area contributed by atoms with Crippen molar-refractivity contribution in [3.63, 3.8) is 0 Å². The van der Waals surface area contributed by atoms with Gasteiger partial charge < -0.3 is 15.2 Å². The van der Waals surface area contributed by atoms with Gasteiger partial charge >= 0.3 is 0 Å². The Morgan fingerprint density at radius 3 is 2.42 bits per heavy atom. The molecule has 1 aromatic carbocycles. The maximum absolute atomic E-state index is 12.4. The van der Waals surface area contributed by atoms with Gasteiger partial charge in [0.2, 0.25) is 11.9 Å². The van der Waals surface area contributed by atoms with Gasteiger partial charge in [-0.3, -0.25) is 9.69 Å². The summed E-state index contributed by atoms with van der Waals surface area (Å²) in [6, 6.07) is 4.20. The first-order valence-electron chi connectivity index (χ1n) is 8.37. The van der Waals surface area contributed by atoms with Crippen molar-refractivity contribution in [2.45, 2.75) is 20.8 Å². The quantitative estimate of drug-likeness (QED) is 0.903. The molecule has 1 amide bonds. The molecule has 6 heteroatoms. The molecular weight excluding hydrogens is 302 g/mol. The van der Waals surface area contributed by atoms with Crippen LogP contribution >= 0.6 is 0 Å². The van der Waals surface area contributed by atoms with Crippen molar-refractivity contribution < 1.29 is 4.79 Å². The van der Waals surface area contributed by atoms with Crippen molar-refractivity contribution in [2.24, 2.45) is 0 Å². The zero-order chi connectivity index (χ0) is 17.1. The number of piperazine rings is 1. The van der Waals surface area contributed by atoms with Gasteiger partial charge in [0, 0.05) is 44.3 Å². The molecule has 2 heterocycles. The van der Waals surface area contributed by atoms with Gasteiger partial charge in [-0.05, 0) is 31.9 Å². The molecule has 1 aromatic heterocycles. The molecule has 24 heavy (non-hydrogen) atoms. The number of aromatic nitrogens is 2. The molecule has 0 bridgehead atoms. The van der Waals surface area contributed by atoms with Crippen LogP contribution in [0.5, 0.6) is 0 Å². The van der Waals surface area contributed by atoms with E-state index in [9.17, 15) is 4.79 Å². The molecule has 1 aliphatic heterocycles. The largest absolute Gasteiger partial charge is 0.340 e. The predicted octanol–water partition coefficient (Wildman–Crippen LogP) is 2.10.